The van der Waals surface area contributed by atoms with Gasteiger partial charge in [-0.1, -0.05) is 46.2 Å². The van der Waals surface area contributed by atoms with Crippen molar-refractivity contribution in [3.63, 3.8) is 0 Å². The molecule has 0 aromatic heterocycles. The molecule has 224 valence electrons. The van der Waals surface area contributed by atoms with Gasteiger partial charge in [-0.15, -0.1) is 0 Å². The number of hydrogen-bond acceptors (Lipinski definition) is 9. The molecular weight excluding hydrogens is 516 g/mol. The van der Waals surface area contributed by atoms with Crippen molar-refractivity contribution in [2.24, 2.45) is 0 Å². The number of aliphatic carboxylic acids is 2. The molecule has 0 saturated carbocycles. The van der Waals surface area contributed by atoms with Crippen molar-refractivity contribution in [1.29, 1.82) is 0 Å². The summed E-state index contributed by atoms with van der Waals surface area (Å²) in [6, 6.07) is 6.03. The summed E-state index contributed by atoms with van der Waals surface area (Å²) >= 11 is 0. The Hall–Kier alpha value is -3.51. The molecule has 0 bridgehead atoms. The number of esters is 2. The van der Waals surface area contributed by atoms with Crippen molar-refractivity contribution in [3.8, 4) is 0 Å². The molecule has 12 nitrogen and oxygen atoms in total. The van der Waals surface area contributed by atoms with Crippen LogP contribution in [0.1, 0.15) is 99.8 Å². The summed E-state index contributed by atoms with van der Waals surface area (Å²) in [4.78, 5) is 52.3. The summed E-state index contributed by atoms with van der Waals surface area (Å²) in [5.74, 6) is -3.45. The average molecular weight is 561 g/mol. The summed E-state index contributed by atoms with van der Waals surface area (Å²) in [5.41, 5.74) is 0.0788. The molecule has 0 fully saturated rings. The molecule has 5 N–H and O–H groups in total. The molecule has 0 amide bonds. The van der Waals surface area contributed by atoms with Crippen molar-refractivity contribution in [2.75, 3.05) is 19.8 Å². The molecule has 12 heteroatoms. The van der Waals surface area contributed by atoms with E-state index in [0.29, 0.717) is 25.9 Å². The Labute approximate surface area is 229 Å². The molecule has 0 aliphatic heterocycles. The molecule has 1 aromatic rings. The van der Waals surface area contributed by atoms with Crippen LogP contribution in [0.5, 0.6) is 0 Å². The third-order valence-corrected chi connectivity index (χ3v) is 4.14. The zero-order valence-corrected chi connectivity index (χ0v) is 23.3. The highest BCUT2D eigenvalue weighted by Crippen LogP contribution is 2.10. The summed E-state index contributed by atoms with van der Waals surface area (Å²) in [6.45, 7) is 7.36. The predicted molar refractivity (Wildman–Crippen MR) is 143 cm³/mol. The molecule has 0 aliphatic carbocycles. The Morgan fingerprint density at radius 2 is 1.23 bits per heavy atom. The van der Waals surface area contributed by atoms with Gasteiger partial charge in [0.05, 0.1) is 24.3 Å². The number of aromatic carboxylic acids is 1. The van der Waals surface area contributed by atoms with Crippen LogP contribution in [0.25, 0.3) is 0 Å². The van der Waals surface area contributed by atoms with Crippen molar-refractivity contribution in [3.05, 3.63) is 35.4 Å². The number of aliphatic hydroxyl groups excluding tert-OH is 2. The lowest BCUT2D eigenvalue weighted by atomic mass is 10.1. The number of carbonyl (C=O) groups excluding carboxylic acids is 2. The maximum Gasteiger partial charge on any atom is 0.339 e. The van der Waals surface area contributed by atoms with E-state index >= 15 is 0 Å². The Balaban J connectivity index is -0.000000488. The fraction of sp³-hybridized carbons (Fsp3) is 0.593. The Morgan fingerprint density at radius 1 is 0.744 bits per heavy atom. The number of hydrogen-bond donors (Lipinski definition) is 5. The molecule has 0 radical (unpaired) electrons. The number of carboxylic acids is 3. The molecular formula is C27H44O12. The standard InChI is InChI=1S/C12H14O4.C7H14O4.2C4H8O2/c1-2-3-8-16-12(15)10-7-5-4-6-9(10)11(13)14;1-2-3-7(10)11-5-6(9)4-8;2*1-2-3-4(5)6/h4-7H,2-3,8H2,1H3,(H,13,14);6,8-9H,2-5H2,1H3;2*2-3H2,1H3,(H,5,6). The second-order valence-electron chi connectivity index (χ2n) is 7.90. The minimum absolute atomic E-state index is 0.0241. The fourth-order valence-electron chi connectivity index (χ4n) is 2.18. The molecule has 1 unspecified atom stereocenters. The lowest BCUT2D eigenvalue weighted by Crippen LogP contribution is -2.21. The van der Waals surface area contributed by atoms with Crippen LogP contribution in [0, 0.1) is 0 Å². The van der Waals surface area contributed by atoms with Crippen LogP contribution in [0.2, 0.25) is 0 Å². The highest BCUT2D eigenvalue weighted by molar-refractivity contribution is 6.02. The average Bonchev–Trinajstić information content (AvgIpc) is 2.88. The number of benzene rings is 1. The lowest BCUT2D eigenvalue weighted by molar-refractivity contribution is -0.147. The van der Waals surface area contributed by atoms with Crippen LogP contribution < -0.4 is 0 Å². The minimum atomic E-state index is -1.12. The van der Waals surface area contributed by atoms with Crippen LogP contribution in [-0.2, 0) is 23.9 Å². The first kappa shape index (κ1) is 40.0. The van der Waals surface area contributed by atoms with E-state index in [-0.39, 0.29) is 30.3 Å². The van der Waals surface area contributed by atoms with Gasteiger partial charge in [0, 0.05) is 19.3 Å². The zero-order chi connectivity index (χ0) is 30.6. The SMILES string of the molecule is CCCC(=O)O.CCCC(=O)O.CCCC(=O)OCC(O)CO.CCCCOC(=O)c1ccccc1C(=O)O. The Bertz CT molecular complexity index is 807. The number of carbonyl (C=O) groups is 5. The molecule has 39 heavy (non-hydrogen) atoms. The van der Waals surface area contributed by atoms with Crippen LogP contribution in [0.15, 0.2) is 24.3 Å². The molecule has 0 saturated heterocycles. The maximum absolute atomic E-state index is 11.6. The first-order chi connectivity index (χ1) is 18.4. The van der Waals surface area contributed by atoms with Crippen molar-refractivity contribution in [2.45, 2.75) is 85.2 Å². The van der Waals surface area contributed by atoms with Gasteiger partial charge in [-0.05, 0) is 37.8 Å². The van der Waals surface area contributed by atoms with Gasteiger partial charge in [-0.25, -0.2) is 9.59 Å². The summed E-state index contributed by atoms with van der Waals surface area (Å²) < 4.78 is 9.54. The van der Waals surface area contributed by atoms with Gasteiger partial charge in [0.2, 0.25) is 0 Å². The first-order valence-electron chi connectivity index (χ1n) is 12.8. The van der Waals surface area contributed by atoms with E-state index in [9.17, 15) is 24.0 Å². The number of carboxylic acid groups (broad SMARTS) is 3. The topological polar surface area (TPSA) is 205 Å². The summed E-state index contributed by atoms with van der Waals surface area (Å²) in [5, 5.41) is 41.8. The van der Waals surface area contributed by atoms with Gasteiger partial charge in [-0.2, -0.15) is 0 Å². The Morgan fingerprint density at radius 3 is 1.59 bits per heavy atom. The normalized spacial score (nSPS) is 10.1. The molecule has 0 heterocycles. The third-order valence-electron chi connectivity index (χ3n) is 4.14. The molecule has 1 atom stereocenters. The molecule has 0 aliphatic rings. The van der Waals surface area contributed by atoms with Crippen LogP contribution in [-0.4, -0.2) is 81.3 Å². The van der Waals surface area contributed by atoms with Crippen LogP contribution in [0.4, 0.5) is 0 Å². The maximum atomic E-state index is 11.6. The molecule has 0 spiro atoms. The quantitative estimate of drug-likeness (QED) is 0.163. The van der Waals surface area contributed by atoms with E-state index in [0.717, 1.165) is 32.1 Å². The second kappa shape index (κ2) is 27.5. The largest absolute Gasteiger partial charge is 0.481 e. The number of aliphatic hydroxyl groups is 2. The van der Waals surface area contributed by atoms with Crippen LogP contribution >= 0.6 is 0 Å². The van der Waals surface area contributed by atoms with E-state index in [4.69, 9.17) is 30.3 Å². The van der Waals surface area contributed by atoms with Gasteiger partial charge >= 0.3 is 29.8 Å². The summed E-state index contributed by atoms with van der Waals surface area (Å²) in [7, 11) is 0. The van der Waals surface area contributed by atoms with Gasteiger partial charge in [0.25, 0.3) is 0 Å². The zero-order valence-electron chi connectivity index (χ0n) is 23.3. The minimum Gasteiger partial charge on any atom is -0.481 e. The van der Waals surface area contributed by atoms with Crippen LogP contribution in [0.3, 0.4) is 0 Å². The third kappa shape index (κ3) is 27.3. The smallest absolute Gasteiger partial charge is 0.339 e. The van der Waals surface area contributed by atoms with E-state index in [2.05, 4.69) is 4.74 Å². The highest BCUT2D eigenvalue weighted by atomic mass is 16.5. The van der Waals surface area contributed by atoms with Gasteiger partial charge in [0.1, 0.15) is 12.7 Å². The van der Waals surface area contributed by atoms with Gasteiger partial charge in [0.15, 0.2) is 0 Å². The molecule has 1 aromatic carbocycles. The Kier molecular flexibility index (Phi) is 28.2. The summed E-state index contributed by atoms with van der Waals surface area (Å²) in [6.07, 6.45) is 3.89. The fourth-order valence-corrected chi connectivity index (χ4v) is 2.18. The number of ether oxygens (including phenoxy) is 2. The predicted octanol–water partition coefficient (Wildman–Crippen LogP) is 3.77. The highest BCUT2D eigenvalue weighted by Gasteiger charge is 2.16. The first-order valence-corrected chi connectivity index (χ1v) is 12.8. The van der Waals surface area contributed by atoms with E-state index in [1.807, 2.05) is 27.7 Å². The monoisotopic (exact) mass is 560 g/mol. The van der Waals surface area contributed by atoms with E-state index in [1.54, 1.807) is 12.1 Å². The van der Waals surface area contributed by atoms with Crippen molar-refractivity contribution >= 4 is 29.8 Å². The van der Waals surface area contributed by atoms with Crippen molar-refractivity contribution in [1.82, 2.24) is 0 Å². The van der Waals surface area contributed by atoms with Gasteiger partial charge in [-0.3, -0.25) is 14.4 Å². The molecule has 1 rings (SSSR count). The van der Waals surface area contributed by atoms with Crippen molar-refractivity contribution < 1.29 is 59.0 Å². The van der Waals surface area contributed by atoms with E-state index < -0.39 is 30.0 Å². The van der Waals surface area contributed by atoms with E-state index in [1.165, 1.54) is 12.1 Å². The second-order valence-corrected chi connectivity index (χ2v) is 7.90. The number of rotatable bonds is 14. The number of unbranched alkanes of at least 4 members (excludes halogenated alkanes) is 1. The lowest BCUT2D eigenvalue weighted by Gasteiger charge is -2.07. The van der Waals surface area contributed by atoms with Gasteiger partial charge < -0.3 is 35.0 Å².